The van der Waals surface area contributed by atoms with Crippen molar-refractivity contribution in [1.82, 2.24) is 9.13 Å². The van der Waals surface area contributed by atoms with Crippen molar-refractivity contribution >= 4 is 70.9 Å². The summed E-state index contributed by atoms with van der Waals surface area (Å²) in [5.74, 6) is 0.103. The van der Waals surface area contributed by atoms with Crippen LogP contribution in [0.25, 0.3) is 144 Å². The molecule has 4 aliphatic rings. The number of nitrogens with one attached hydrogen (secondary N) is 1. The lowest BCUT2D eigenvalue weighted by Crippen LogP contribution is -2.28. The third-order valence-electron chi connectivity index (χ3n) is 31.6. The number of nitrogens with zero attached hydrogens (tertiary/aromatic N) is 2. The number of fused-ring (bicyclic) bond motifs is 18. The molecule has 0 spiro atoms. The third-order valence-corrected chi connectivity index (χ3v) is 32.1. The Kier molecular flexibility index (Phi) is 22.6. The smallest absolute Gasteiger partial charge is 0.0713 e. The molecule has 0 bridgehead atoms. The Balaban J connectivity index is 0.000000130. The Morgan fingerprint density at radius 2 is 0.500 bits per heavy atom. The molecule has 4 aliphatic carbocycles. The lowest BCUT2D eigenvalue weighted by Gasteiger charge is -2.33. The van der Waals surface area contributed by atoms with Gasteiger partial charge in [-0.2, -0.15) is 0 Å². The monoisotopic (exact) mass is 1930 g/mol. The average Bonchev–Trinajstić information content (AvgIpc) is 1.53. The molecule has 1 N–H and O–H groups in total. The zero-order valence-corrected chi connectivity index (χ0v) is 82.7. The molecule has 2 heterocycles. The second-order valence-electron chi connectivity index (χ2n) is 40.2. The highest BCUT2D eigenvalue weighted by molar-refractivity contribution is 9.10. The molecular weight excluding hydrogens is 1830 g/mol. The molecule has 22 aromatic carbocycles. The van der Waals surface area contributed by atoms with E-state index in [1.807, 2.05) is 18.2 Å². The normalized spacial score (nSPS) is 13.7. The van der Waals surface area contributed by atoms with E-state index in [2.05, 4.69) is 574 Å². The first-order valence-corrected chi connectivity index (χ1v) is 51.3. The van der Waals surface area contributed by atoms with Gasteiger partial charge in [-0.25, -0.2) is 0 Å². The minimum atomic E-state index is -0.433. The third kappa shape index (κ3) is 14.9. The van der Waals surface area contributed by atoms with Gasteiger partial charge in [0.15, 0.2) is 0 Å². The maximum absolute atomic E-state index is 3.57. The molecule has 1 atom stereocenters. The molecule has 0 saturated heterocycles. The van der Waals surface area contributed by atoms with Crippen molar-refractivity contribution in [3.63, 3.8) is 0 Å². The SMILES string of the molecule is Brc1ccc(-c2cccc(-c3ccc4c(c3)c3ccccc3n4-c3ccc4c(c3)-c3ccccc3C4(c3ccccc3)c3ccccc3)c2)cc1.C.CC1(C)c2ccccc2-c2cc(C(c3ccccc3)c3ccc(-c4cccc(-c5ccc6c(c5)c5ccccc5n6-c5ccc6c(c5)-c5ccccc5C6(c5ccccc5)c5ccccc5)c4)cc3)ccc21.CC1(C)c2ccccc2-c2cc(Nc3ccccc3)ccc21. The zero-order valence-electron chi connectivity index (χ0n) is 81.2. The van der Waals surface area contributed by atoms with Gasteiger partial charge >= 0.3 is 0 Å². The predicted octanol–water partition coefficient (Wildman–Crippen LogP) is 37.6. The van der Waals surface area contributed by atoms with Gasteiger partial charge in [0.05, 0.1) is 32.9 Å². The van der Waals surface area contributed by atoms with Crippen molar-refractivity contribution in [1.29, 1.82) is 0 Å². The van der Waals surface area contributed by atoms with Gasteiger partial charge in [0.2, 0.25) is 0 Å². The van der Waals surface area contributed by atoms with E-state index >= 15 is 0 Å². The van der Waals surface area contributed by atoms with Crippen LogP contribution in [0.5, 0.6) is 0 Å². The van der Waals surface area contributed by atoms with E-state index in [0.29, 0.717) is 0 Å². The average molecular weight is 1930 g/mol. The van der Waals surface area contributed by atoms with E-state index < -0.39 is 10.8 Å². The Bertz CT molecular complexity index is 9050. The topological polar surface area (TPSA) is 21.9 Å². The number of anilines is 2. The molecule has 0 amide bonds. The summed E-state index contributed by atoms with van der Waals surface area (Å²) in [7, 11) is 0. The minimum Gasteiger partial charge on any atom is -0.356 e. The van der Waals surface area contributed by atoms with E-state index in [1.165, 1.54) is 216 Å². The zero-order chi connectivity index (χ0) is 97.1. The van der Waals surface area contributed by atoms with E-state index in [9.17, 15) is 0 Å². The summed E-state index contributed by atoms with van der Waals surface area (Å²) in [5, 5.41) is 8.48. The second-order valence-corrected chi connectivity index (χ2v) is 41.1. The van der Waals surface area contributed by atoms with Crippen LogP contribution in [0.3, 0.4) is 0 Å². The van der Waals surface area contributed by atoms with Gasteiger partial charge in [-0.3, -0.25) is 0 Å². The summed E-state index contributed by atoms with van der Waals surface area (Å²) in [4.78, 5) is 0. The lowest BCUT2D eigenvalue weighted by atomic mass is 9.68. The summed E-state index contributed by atoms with van der Waals surface area (Å²) in [5.41, 5.74) is 48.7. The summed E-state index contributed by atoms with van der Waals surface area (Å²) in [6.07, 6.45) is 0. The first-order chi connectivity index (χ1) is 71.3. The first kappa shape index (κ1) is 90.0. The highest BCUT2D eigenvalue weighted by Crippen LogP contribution is 2.60. The minimum absolute atomic E-state index is 0. The van der Waals surface area contributed by atoms with Crippen molar-refractivity contribution in [2.45, 2.75) is 62.7 Å². The van der Waals surface area contributed by atoms with Crippen molar-refractivity contribution in [3.05, 3.63) is 622 Å². The van der Waals surface area contributed by atoms with Gasteiger partial charge in [-0.05, 0) is 288 Å². The van der Waals surface area contributed by atoms with Crippen LogP contribution in [0, 0.1) is 0 Å². The number of aromatic nitrogens is 2. The van der Waals surface area contributed by atoms with Crippen molar-refractivity contribution in [3.8, 4) is 100 Å². The van der Waals surface area contributed by atoms with Crippen molar-refractivity contribution < 1.29 is 0 Å². The summed E-state index contributed by atoms with van der Waals surface area (Å²) in [6, 6.07) is 197. The van der Waals surface area contributed by atoms with Gasteiger partial charge in [-0.1, -0.05) is 470 Å². The van der Waals surface area contributed by atoms with Crippen LogP contribution in [0.2, 0.25) is 0 Å². The quantitative estimate of drug-likeness (QED) is 0.102. The number of para-hydroxylation sites is 3. The van der Waals surface area contributed by atoms with Crippen LogP contribution in [-0.4, -0.2) is 9.13 Å². The van der Waals surface area contributed by atoms with Crippen LogP contribution in [0.4, 0.5) is 11.4 Å². The van der Waals surface area contributed by atoms with E-state index in [4.69, 9.17) is 0 Å². The number of benzene rings is 22. The van der Waals surface area contributed by atoms with Gasteiger partial charge in [-0.15, -0.1) is 0 Å². The Hall–Kier alpha value is -17.3. The fraction of sp³-hybridized carbons (Fsp3) is 0.0704. The number of hydrogen-bond donors (Lipinski definition) is 1. The van der Waals surface area contributed by atoms with Crippen molar-refractivity contribution in [2.75, 3.05) is 5.32 Å². The van der Waals surface area contributed by atoms with Gasteiger partial charge in [0.1, 0.15) is 0 Å². The van der Waals surface area contributed by atoms with E-state index in [1.54, 1.807) is 0 Å². The van der Waals surface area contributed by atoms with Crippen LogP contribution in [0.15, 0.2) is 538 Å². The maximum atomic E-state index is 3.57. The summed E-state index contributed by atoms with van der Waals surface area (Å²) < 4.78 is 6.00. The molecular formula is C142H106BrN3. The highest BCUT2D eigenvalue weighted by atomic mass is 79.9. The largest absolute Gasteiger partial charge is 0.356 e. The molecule has 696 valence electrons. The molecule has 0 radical (unpaired) electrons. The van der Waals surface area contributed by atoms with Crippen LogP contribution >= 0.6 is 15.9 Å². The molecule has 1 unspecified atom stereocenters. The van der Waals surface area contributed by atoms with Gasteiger partial charge < -0.3 is 14.5 Å². The number of halogens is 1. The summed E-state index contributed by atoms with van der Waals surface area (Å²) in [6.45, 7) is 9.32. The lowest BCUT2D eigenvalue weighted by molar-refractivity contribution is 0.660. The molecule has 0 aliphatic heterocycles. The molecule has 0 saturated carbocycles. The highest BCUT2D eigenvalue weighted by Gasteiger charge is 2.49. The molecule has 4 heteroatoms. The van der Waals surface area contributed by atoms with E-state index in [0.717, 1.165) is 27.2 Å². The Morgan fingerprint density at radius 3 is 0.945 bits per heavy atom. The number of hydrogen-bond acceptors (Lipinski definition) is 1. The van der Waals surface area contributed by atoms with Gasteiger partial charge in [0, 0.05) is 65.5 Å². The first-order valence-electron chi connectivity index (χ1n) is 50.5. The molecule has 24 aromatic rings. The van der Waals surface area contributed by atoms with Crippen LogP contribution in [-0.2, 0) is 21.7 Å². The fourth-order valence-corrected chi connectivity index (χ4v) is 25.2. The van der Waals surface area contributed by atoms with E-state index in [-0.39, 0.29) is 24.2 Å². The molecule has 3 nitrogen and oxygen atoms in total. The van der Waals surface area contributed by atoms with Crippen molar-refractivity contribution in [2.24, 2.45) is 0 Å². The molecule has 0 fully saturated rings. The standard InChI is InChI=1S/C71H51N.C49H32BrN.C21H19N.CH4/c1-70(2)63-30-15-12-27-57(63)60-45-53(37-40-64(60)70)69(48-19-6-3-7-20-48)49-35-33-47(34-36-49)50-21-18-22-51(43-50)52-38-42-68-62(44-52)59-29-14-17-32-67(59)72(68)56-39-41-66-61(46-56)58-28-13-16-31-65(58)71(66,54-23-8-4-9-24-54)55-25-10-5-11-26-55;50-39-25-22-33(23-26-39)34-12-11-13-35(30-34)36-24-29-48-44(31-36)42-19-8-10-21-47(42)51(48)40-27-28-46-43(32-40)41-18-7-9-20-45(41)49(46,37-14-3-1-4-15-37)38-16-5-2-6-17-38;1-21(2)19-11-7-6-10-17(19)18-14-16(12-13-20(18)21)22-15-8-4-3-5-9-15;/h3-46,69H,1-2H3;1-32H;3-14,22H,1-2H3;1H4. The Morgan fingerprint density at radius 1 is 0.199 bits per heavy atom. The maximum Gasteiger partial charge on any atom is 0.0713 e. The molecule has 2 aromatic heterocycles. The molecule has 28 rings (SSSR count). The Labute approximate surface area is 863 Å². The predicted molar refractivity (Wildman–Crippen MR) is 617 cm³/mol. The van der Waals surface area contributed by atoms with Gasteiger partial charge in [0.25, 0.3) is 0 Å². The second kappa shape index (κ2) is 36.6. The molecule has 146 heavy (non-hydrogen) atoms. The van der Waals surface area contributed by atoms with Crippen LogP contribution < -0.4 is 5.32 Å². The van der Waals surface area contributed by atoms with Crippen LogP contribution in [0.1, 0.15) is 124 Å². The number of rotatable bonds is 15. The fourth-order valence-electron chi connectivity index (χ4n) is 24.9. The summed E-state index contributed by atoms with van der Waals surface area (Å²) >= 11 is 3.57.